The van der Waals surface area contributed by atoms with E-state index in [1.807, 2.05) is 12.1 Å². The minimum atomic E-state index is -3.76. The van der Waals surface area contributed by atoms with Crippen LogP contribution in [0.5, 0.6) is 0 Å². The van der Waals surface area contributed by atoms with Crippen LogP contribution in [-0.2, 0) is 16.4 Å². The topological polar surface area (TPSA) is 96.4 Å². The van der Waals surface area contributed by atoms with Crippen LogP contribution < -0.4 is 4.72 Å². The summed E-state index contributed by atoms with van der Waals surface area (Å²) in [5.74, 6) is -1.16. The van der Waals surface area contributed by atoms with Crippen molar-refractivity contribution in [2.75, 3.05) is 6.54 Å². The summed E-state index contributed by atoms with van der Waals surface area (Å²) in [6, 6.07) is 9.46. The number of carbonyl (C=O) groups is 1. The molecule has 0 bridgehead atoms. The van der Waals surface area contributed by atoms with E-state index in [4.69, 9.17) is 5.11 Å². The molecule has 0 spiro atoms. The highest BCUT2D eigenvalue weighted by molar-refractivity contribution is 7.89. The Kier molecular flexibility index (Phi) is 4.89. The maximum atomic E-state index is 12.3. The van der Waals surface area contributed by atoms with Crippen molar-refractivity contribution in [1.29, 1.82) is 0 Å². The van der Waals surface area contributed by atoms with Crippen molar-refractivity contribution >= 4 is 16.0 Å². The number of aryl methyl sites for hydroxylation is 1. The van der Waals surface area contributed by atoms with Gasteiger partial charge in [0.1, 0.15) is 0 Å². The summed E-state index contributed by atoms with van der Waals surface area (Å²) in [5, 5.41) is 8.97. The number of nitrogens with zero attached hydrogens (tertiary/aromatic N) is 1. The molecule has 0 saturated heterocycles. The molecule has 1 heterocycles. The van der Waals surface area contributed by atoms with Gasteiger partial charge in [0.15, 0.2) is 0 Å². The highest BCUT2D eigenvalue weighted by Gasteiger charge is 2.18. The number of benzene rings is 1. The molecular weight excluding hydrogens is 304 g/mol. The molecule has 0 amide bonds. The molecular formula is C15H16N2O4S. The first-order chi connectivity index (χ1) is 10.4. The minimum absolute atomic E-state index is 0.0200. The Labute approximate surface area is 128 Å². The quantitative estimate of drug-likeness (QED) is 0.843. The fraction of sp³-hybridized carbons (Fsp3) is 0.200. The maximum Gasteiger partial charge on any atom is 0.335 e. The molecule has 0 atom stereocenters. The number of nitrogens with one attached hydrogen (secondary N) is 1. The van der Waals surface area contributed by atoms with Crippen LogP contribution in [0.2, 0.25) is 0 Å². The summed E-state index contributed by atoms with van der Waals surface area (Å²) in [6.45, 7) is 1.81. The zero-order valence-corrected chi connectivity index (χ0v) is 12.8. The van der Waals surface area contributed by atoms with E-state index in [-0.39, 0.29) is 17.0 Å². The van der Waals surface area contributed by atoms with Crippen LogP contribution in [0.1, 0.15) is 21.6 Å². The number of pyridine rings is 1. The van der Waals surface area contributed by atoms with Gasteiger partial charge in [-0.15, -0.1) is 0 Å². The molecule has 2 N–H and O–H groups in total. The van der Waals surface area contributed by atoms with Gasteiger partial charge in [-0.1, -0.05) is 12.1 Å². The summed E-state index contributed by atoms with van der Waals surface area (Å²) in [7, 11) is -3.76. The number of rotatable bonds is 6. The van der Waals surface area contributed by atoms with E-state index in [1.165, 1.54) is 18.2 Å². The summed E-state index contributed by atoms with van der Waals surface area (Å²) < 4.78 is 27.1. The predicted molar refractivity (Wildman–Crippen MR) is 81.3 cm³/mol. The van der Waals surface area contributed by atoms with Crippen LogP contribution in [0, 0.1) is 6.92 Å². The van der Waals surface area contributed by atoms with Gasteiger partial charge in [-0.05, 0) is 36.8 Å². The first kappa shape index (κ1) is 16.1. The Morgan fingerprint density at radius 1 is 1.27 bits per heavy atom. The third kappa shape index (κ3) is 3.90. The Balaban J connectivity index is 2.13. The third-order valence-corrected chi connectivity index (χ3v) is 4.73. The molecule has 0 aliphatic rings. The van der Waals surface area contributed by atoms with Gasteiger partial charge in [-0.25, -0.2) is 17.9 Å². The Morgan fingerprint density at radius 3 is 2.68 bits per heavy atom. The molecule has 2 rings (SSSR count). The molecule has 0 aliphatic carbocycles. The number of aromatic carboxylic acids is 1. The largest absolute Gasteiger partial charge is 0.478 e. The molecule has 6 nitrogen and oxygen atoms in total. The highest BCUT2D eigenvalue weighted by Crippen LogP contribution is 2.17. The van der Waals surface area contributed by atoms with Gasteiger partial charge in [0.25, 0.3) is 0 Å². The normalized spacial score (nSPS) is 11.3. The van der Waals surface area contributed by atoms with E-state index in [9.17, 15) is 13.2 Å². The summed E-state index contributed by atoms with van der Waals surface area (Å²) >= 11 is 0. The summed E-state index contributed by atoms with van der Waals surface area (Å²) in [4.78, 5) is 15.1. The van der Waals surface area contributed by atoms with E-state index in [2.05, 4.69) is 9.71 Å². The summed E-state index contributed by atoms with van der Waals surface area (Å²) in [5.41, 5.74) is 1.22. The lowest BCUT2D eigenvalue weighted by atomic mass is 10.1. The molecule has 22 heavy (non-hydrogen) atoms. The molecule has 2 aromatic rings. The minimum Gasteiger partial charge on any atom is -0.478 e. The molecule has 0 fully saturated rings. The van der Waals surface area contributed by atoms with Gasteiger partial charge < -0.3 is 5.11 Å². The van der Waals surface area contributed by atoms with Gasteiger partial charge in [0, 0.05) is 24.9 Å². The van der Waals surface area contributed by atoms with Gasteiger partial charge in [0.2, 0.25) is 10.0 Å². The predicted octanol–water partition coefficient (Wildman–Crippen LogP) is 1.61. The van der Waals surface area contributed by atoms with Crippen molar-refractivity contribution in [1.82, 2.24) is 9.71 Å². The number of carboxylic acid groups (broad SMARTS) is 1. The zero-order valence-electron chi connectivity index (χ0n) is 12.0. The molecule has 0 saturated carbocycles. The SMILES string of the molecule is Cc1ccc(C(=O)O)cc1S(=O)(=O)NCCc1ccccn1. The zero-order chi connectivity index (χ0) is 16.2. The molecule has 0 unspecified atom stereocenters. The van der Waals surface area contributed by atoms with Gasteiger partial charge in [0.05, 0.1) is 10.5 Å². The Morgan fingerprint density at radius 2 is 2.05 bits per heavy atom. The van der Waals surface area contributed by atoms with E-state index in [1.54, 1.807) is 19.2 Å². The molecule has 116 valence electrons. The molecule has 7 heteroatoms. The summed E-state index contributed by atoms with van der Waals surface area (Å²) in [6.07, 6.45) is 2.10. The average Bonchev–Trinajstić information content (AvgIpc) is 2.48. The lowest BCUT2D eigenvalue weighted by Crippen LogP contribution is -2.27. The molecule has 1 aromatic heterocycles. The van der Waals surface area contributed by atoms with Crippen molar-refractivity contribution < 1.29 is 18.3 Å². The Hall–Kier alpha value is -2.25. The van der Waals surface area contributed by atoms with E-state index >= 15 is 0 Å². The standard InChI is InChI=1S/C15H16N2O4S/c1-11-5-6-12(15(18)19)10-14(11)22(20,21)17-9-7-13-4-2-3-8-16-13/h2-6,8,10,17H,7,9H2,1H3,(H,18,19). The van der Waals surface area contributed by atoms with Gasteiger partial charge >= 0.3 is 5.97 Å². The van der Waals surface area contributed by atoms with Gasteiger partial charge in [-0.3, -0.25) is 4.98 Å². The van der Waals surface area contributed by atoms with Crippen molar-refractivity contribution in [3.8, 4) is 0 Å². The number of hydrogen-bond acceptors (Lipinski definition) is 4. The maximum absolute atomic E-state index is 12.3. The fourth-order valence-electron chi connectivity index (χ4n) is 1.96. The number of sulfonamides is 1. The number of carboxylic acids is 1. The van der Waals surface area contributed by atoms with E-state index < -0.39 is 16.0 Å². The fourth-order valence-corrected chi connectivity index (χ4v) is 3.26. The van der Waals surface area contributed by atoms with Gasteiger partial charge in [-0.2, -0.15) is 0 Å². The third-order valence-electron chi connectivity index (χ3n) is 3.12. The van der Waals surface area contributed by atoms with E-state index in [0.717, 1.165) is 5.69 Å². The van der Waals surface area contributed by atoms with Crippen molar-refractivity contribution in [2.24, 2.45) is 0 Å². The highest BCUT2D eigenvalue weighted by atomic mass is 32.2. The van der Waals surface area contributed by atoms with Crippen LogP contribution in [0.15, 0.2) is 47.5 Å². The second kappa shape index (κ2) is 6.67. The monoisotopic (exact) mass is 320 g/mol. The lowest BCUT2D eigenvalue weighted by Gasteiger charge is -2.10. The van der Waals surface area contributed by atoms with Crippen LogP contribution >= 0.6 is 0 Å². The first-order valence-electron chi connectivity index (χ1n) is 6.63. The van der Waals surface area contributed by atoms with Crippen molar-refractivity contribution in [2.45, 2.75) is 18.2 Å². The first-order valence-corrected chi connectivity index (χ1v) is 8.12. The average molecular weight is 320 g/mol. The van der Waals surface area contributed by atoms with Crippen molar-refractivity contribution in [3.63, 3.8) is 0 Å². The smallest absolute Gasteiger partial charge is 0.335 e. The van der Waals surface area contributed by atoms with Crippen LogP contribution in [0.25, 0.3) is 0 Å². The number of aromatic nitrogens is 1. The van der Waals surface area contributed by atoms with Crippen molar-refractivity contribution in [3.05, 3.63) is 59.4 Å². The molecule has 0 radical (unpaired) electrons. The van der Waals surface area contributed by atoms with Crippen LogP contribution in [-0.4, -0.2) is 31.0 Å². The number of hydrogen-bond donors (Lipinski definition) is 2. The van der Waals surface area contributed by atoms with Crippen LogP contribution in [0.3, 0.4) is 0 Å². The molecule has 0 aliphatic heterocycles. The Bertz CT molecular complexity index is 773. The molecule has 1 aromatic carbocycles. The second-order valence-electron chi connectivity index (χ2n) is 4.75. The van der Waals surface area contributed by atoms with E-state index in [0.29, 0.717) is 12.0 Å². The van der Waals surface area contributed by atoms with Crippen LogP contribution in [0.4, 0.5) is 0 Å². The lowest BCUT2D eigenvalue weighted by molar-refractivity contribution is 0.0696. The second-order valence-corrected chi connectivity index (χ2v) is 6.49.